The summed E-state index contributed by atoms with van der Waals surface area (Å²) in [7, 11) is 0. The summed E-state index contributed by atoms with van der Waals surface area (Å²) < 4.78 is 48.9. The Bertz CT molecular complexity index is 672. The third-order valence-corrected chi connectivity index (χ3v) is 4.48. The van der Waals surface area contributed by atoms with Gasteiger partial charge in [0, 0.05) is 24.6 Å². The largest absolute Gasteiger partial charge is 0.477 e. The predicted octanol–water partition coefficient (Wildman–Crippen LogP) is 3.74. The van der Waals surface area contributed by atoms with E-state index >= 15 is 0 Å². The van der Waals surface area contributed by atoms with E-state index in [0.29, 0.717) is 19.0 Å². The molecule has 1 aliphatic carbocycles. The summed E-state index contributed by atoms with van der Waals surface area (Å²) in [6.45, 7) is 6.74. The highest BCUT2D eigenvalue weighted by Gasteiger charge is 2.62. The fourth-order valence-corrected chi connectivity index (χ4v) is 3.15. The highest BCUT2D eigenvalue weighted by molar-refractivity contribution is 5.69. The number of ether oxygens (including phenoxy) is 2. The molecule has 2 fully saturated rings. The second kappa shape index (κ2) is 5.78. The SMILES string of the molecule is CC(C)(C)OC(=O)N1CC2CC2(COc2cccc(C(F)(F)F)n2)C1. The summed E-state index contributed by atoms with van der Waals surface area (Å²) in [6.07, 6.45) is -3.97. The van der Waals surface area contributed by atoms with E-state index in [1.54, 1.807) is 25.7 Å². The van der Waals surface area contributed by atoms with Crippen molar-refractivity contribution in [3.63, 3.8) is 0 Å². The predicted molar refractivity (Wildman–Crippen MR) is 83.1 cm³/mol. The summed E-state index contributed by atoms with van der Waals surface area (Å²) in [6, 6.07) is 3.59. The Morgan fingerprint density at radius 2 is 2.08 bits per heavy atom. The van der Waals surface area contributed by atoms with Gasteiger partial charge in [0.05, 0.1) is 6.61 Å². The Labute approximate surface area is 144 Å². The Balaban J connectivity index is 1.58. The van der Waals surface area contributed by atoms with Gasteiger partial charge in [-0.1, -0.05) is 6.07 Å². The summed E-state index contributed by atoms with van der Waals surface area (Å²) in [5.41, 5.74) is -1.74. The van der Waals surface area contributed by atoms with Crippen molar-refractivity contribution in [1.29, 1.82) is 0 Å². The second-order valence-electron chi connectivity index (χ2n) is 7.77. The van der Waals surface area contributed by atoms with E-state index in [4.69, 9.17) is 9.47 Å². The molecule has 1 aliphatic heterocycles. The van der Waals surface area contributed by atoms with Gasteiger partial charge in [-0.3, -0.25) is 0 Å². The number of likely N-dealkylation sites (tertiary alicyclic amines) is 1. The lowest BCUT2D eigenvalue weighted by Crippen LogP contribution is -2.37. The number of amides is 1. The number of aromatic nitrogens is 1. The van der Waals surface area contributed by atoms with Crippen molar-refractivity contribution >= 4 is 6.09 Å². The van der Waals surface area contributed by atoms with Crippen LogP contribution in [0.4, 0.5) is 18.0 Å². The highest BCUT2D eigenvalue weighted by Crippen LogP contribution is 2.57. The minimum absolute atomic E-state index is 0.0504. The maximum atomic E-state index is 12.7. The molecular weight excluding hydrogens is 337 g/mol. The van der Waals surface area contributed by atoms with Crippen molar-refractivity contribution in [2.45, 2.75) is 39.0 Å². The molecule has 2 heterocycles. The van der Waals surface area contributed by atoms with Gasteiger partial charge in [-0.15, -0.1) is 0 Å². The number of hydrogen-bond acceptors (Lipinski definition) is 4. The summed E-state index contributed by atoms with van der Waals surface area (Å²) >= 11 is 0. The van der Waals surface area contributed by atoms with Gasteiger partial charge in [0.2, 0.25) is 5.88 Å². The monoisotopic (exact) mass is 358 g/mol. The minimum atomic E-state index is -4.50. The van der Waals surface area contributed by atoms with Gasteiger partial charge in [0.1, 0.15) is 11.3 Å². The van der Waals surface area contributed by atoms with Crippen LogP contribution < -0.4 is 4.74 Å². The molecule has 0 N–H and O–H groups in total. The van der Waals surface area contributed by atoms with Crippen molar-refractivity contribution in [1.82, 2.24) is 9.88 Å². The van der Waals surface area contributed by atoms with Crippen LogP contribution in [0.5, 0.6) is 5.88 Å². The standard InChI is InChI=1S/C17H21F3N2O3/c1-15(2,3)25-14(23)22-8-11-7-16(11,9-22)10-24-13-6-4-5-12(21-13)17(18,19)20/h4-6,11H,7-10H2,1-3H3. The molecule has 25 heavy (non-hydrogen) atoms. The molecule has 138 valence electrons. The van der Waals surface area contributed by atoms with Gasteiger partial charge in [-0.2, -0.15) is 13.2 Å². The zero-order chi connectivity index (χ0) is 18.5. The van der Waals surface area contributed by atoms with Crippen LogP contribution in [0, 0.1) is 11.3 Å². The molecule has 1 aromatic heterocycles. The molecule has 0 radical (unpaired) electrons. The van der Waals surface area contributed by atoms with Gasteiger partial charge in [0.25, 0.3) is 0 Å². The number of halogens is 3. The third kappa shape index (κ3) is 3.99. The molecule has 0 bridgehead atoms. The lowest BCUT2D eigenvalue weighted by atomic mass is 10.1. The molecule has 2 atom stereocenters. The van der Waals surface area contributed by atoms with Gasteiger partial charge in [-0.25, -0.2) is 9.78 Å². The second-order valence-corrected chi connectivity index (χ2v) is 7.77. The van der Waals surface area contributed by atoms with Crippen molar-refractivity contribution in [3.8, 4) is 5.88 Å². The molecule has 5 nitrogen and oxygen atoms in total. The minimum Gasteiger partial charge on any atom is -0.477 e. The Hall–Kier alpha value is -1.99. The van der Waals surface area contributed by atoms with E-state index in [9.17, 15) is 18.0 Å². The third-order valence-electron chi connectivity index (χ3n) is 4.48. The fourth-order valence-electron chi connectivity index (χ4n) is 3.15. The van der Waals surface area contributed by atoms with Crippen LogP contribution in [-0.4, -0.2) is 41.3 Å². The molecule has 2 aliphatic rings. The first kappa shape index (κ1) is 17.8. The molecule has 1 saturated carbocycles. The van der Waals surface area contributed by atoms with E-state index in [1.165, 1.54) is 12.1 Å². The molecular formula is C17H21F3N2O3. The first-order chi connectivity index (χ1) is 11.5. The molecule has 1 aromatic rings. The maximum absolute atomic E-state index is 12.7. The summed E-state index contributed by atoms with van der Waals surface area (Å²) in [5.74, 6) is 0.247. The van der Waals surface area contributed by atoms with Crippen LogP contribution in [-0.2, 0) is 10.9 Å². The van der Waals surface area contributed by atoms with Gasteiger partial charge in [-0.05, 0) is 39.2 Å². The number of nitrogens with zero attached hydrogens (tertiary/aromatic N) is 2. The van der Waals surface area contributed by atoms with Crippen LogP contribution in [0.25, 0.3) is 0 Å². The van der Waals surface area contributed by atoms with Crippen molar-refractivity contribution in [2.24, 2.45) is 11.3 Å². The maximum Gasteiger partial charge on any atom is 0.433 e. The lowest BCUT2D eigenvalue weighted by molar-refractivity contribution is -0.141. The van der Waals surface area contributed by atoms with E-state index in [1.807, 2.05) is 0 Å². The molecule has 1 saturated heterocycles. The van der Waals surface area contributed by atoms with Gasteiger partial charge in [0.15, 0.2) is 0 Å². The number of piperidine rings is 1. The van der Waals surface area contributed by atoms with Gasteiger partial charge < -0.3 is 14.4 Å². The number of alkyl halides is 3. The fraction of sp³-hybridized carbons (Fsp3) is 0.647. The van der Waals surface area contributed by atoms with Crippen LogP contribution in [0.2, 0.25) is 0 Å². The van der Waals surface area contributed by atoms with Crippen LogP contribution in [0.1, 0.15) is 32.9 Å². The average Bonchev–Trinajstić information content (AvgIpc) is 3.04. The first-order valence-electron chi connectivity index (χ1n) is 8.14. The highest BCUT2D eigenvalue weighted by atomic mass is 19.4. The lowest BCUT2D eigenvalue weighted by Gasteiger charge is -2.26. The molecule has 3 rings (SSSR count). The topological polar surface area (TPSA) is 51.7 Å². The number of hydrogen-bond donors (Lipinski definition) is 0. The van der Waals surface area contributed by atoms with Crippen LogP contribution in [0.3, 0.4) is 0 Å². The molecule has 2 unspecified atom stereocenters. The van der Waals surface area contributed by atoms with Crippen molar-refractivity contribution in [3.05, 3.63) is 23.9 Å². The normalized spacial score (nSPS) is 25.5. The average molecular weight is 358 g/mol. The molecule has 1 amide bonds. The van der Waals surface area contributed by atoms with E-state index in [-0.39, 0.29) is 24.0 Å². The number of carbonyl (C=O) groups is 1. The summed E-state index contributed by atoms with van der Waals surface area (Å²) in [4.78, 5) is 17.3. The zero-order valence-electron chi connectivity index (χ0n) is 14.4. The summed E-state index contributed by atoms with van der Waals surface area (Å²) in [5, 5.41) is 0. The Morgan fingerprint density at radius 1 is 1.36 bits per heavy atom. The van der Waals surface area contributed by atoms with Crippen molar-refractivity contribution < 1.29 is 27.4 Å². The zero-order valence-corrected chi connectivity index (χ0v) is 14.4. The van der Waals surface area contributed by atoms with Crippen LogP contribution in [0.15, 0.2) is 18.2 Å². The molecule has 0 aromatic carbocycles. The van der Waals surface area contributed by atoms with Crippen LogP contribution >= 0.6 is 0 Å². The Morgan fingerprint density at radius 3 is 2.72 bits per heavy atom. The van der Waals surface area contributed by atoms with Gasteiger partial charge >= 0.3 is 12.3 Å². The van der Waals surface area contributed by atoms with E-state index in [2.05, 4.69) is 4.98 Å². The number of fused-ring (bicyclic) bond motifs is 1. The smallest absolute Gasteiger partial charge is 0.433 e. The molecule has 0 spiro atoms. The van der Waals surface area contributed by atoms with Crippen molar-refractivity contribution in [2.75, 3.05) is 19.7 Å². The van der Waals surface area contributed by atoms with E-state index < -0.39 is 17.5 Å². The first-order valence-corrected chi connectivity index (χ1v) is 8.14. The quantitative estimate of drug-likeness (QED) is 0.826. The van der Waals surface area contributed by atoms with E-state index in [0.717, 1.165) is 12.5 Å². The Kier molecular flexibility index (Phi) is 4.12. The number of pyridine rings is 1. The molecule has 8 heteroatoms. The number of rotatable bonds is 3. The number of carbonyl (C=O) groups excluding carboxylic acids is 1.